The molecule has 3 heterocycles. The van der Waals surface area contributed by atoms with Crippen LogP contribution in [0.3, 0.4) is 0 Å². The fourth-order valence-corrected chi connectivity index (χ4v) is 3.90. The number of aromatic nitrogens is 4. The molecular formula is C23H26N6O2. The maximum absolute atomic E-state index is 6.27. The second kappa shape index (κ2) is 8.41. The van der Waals surface area contributed by atoms with E-state index in [0.29, 0.717) is 23.8 Å². The van der Waals surface area contributed by atoms with Gasteiger partial charge in [-0.25, -0.2) is 4.98 Å². The Kier molecular flexibility index (Phi) is 5.31. The van der Waals surface area contributed by atoms with Crippen molar-refractivity contribution in [3.8, 4) is 17.3 Å². The molecule has 31 heavy (non-hydrogen) atoms. The number of imidazole rings is 1. The minimum atomic E-state index is 0.598. The van der Waals surface area contributed by atoms with E-state index in [-0.39, 0.29) is 0 Å². The Hall–Kier alpha value is -3.36. The van der Waals surface area contributed by atoms with Crippen LogP contribution < -0.4 is 10.5 Å². The van der Waals surface area contributed by atoms with Gasteiger partial charge >= 0.3 is 0 Å². The van der Waals surface area contributed by atoms with Crippen molar-refractivity contribution in [1.29, 1.82) is 0 Å². The van der Waals surface area contributed by atoms with Crippen molar-refractivity contribution in [2.24, 2.45) is 0 Å². The molecule has 0 bridgehead atoms. The van der Waals surface area contributed by atoms with E-state index >= 15 is 0 Å². The summed E-state index contributed by atoms with van der Waals surface area (Å²) in [5.41, 5.74) is 11.8. The Morgan fingerprint density at radius 1 is 1.06 bits per heavy atom. The number of fused-ring (bicyclic) bond motifs is 1. The largest absolute Gasteiger partial charge is 0.497 e. The Morgan fingerprint density at radius 3 is 2.61 bits per heavy atom. The van der Waals surface area contributed by atoms with Gasteiger partial charge in [-0.15, -0.1) is 0 Å². The lowest BCUT2D eigenvalue weighted by Gasteiger charge is -2.26. The molecule has 3 N–H and O–H groups in total. The van der Waals surface area contributed by atoms with Crippen LogP contribution in [0.5, 0.6) is 5.75 Å². The number of nitrogens with two attached hydrogens (primary N) is 1. The van der Waals surface area contributed by atoms with Gasteiger partial charge in [-0.05, 0) is 35.4 Å². The molecule has 160 valence electrons. The lowest BCUT2D eigenvalue weighted by atomic mass is 10.2. The number of morpholine rings is 1. The van der Waals surface area contributed by atoms with Crippen molar-refractivity contribution in [2.75, 3.05) is 39.1 Å². The second-order valence-corrected chi connectivity index (χ2v) is 7.80. The summed E-state index contributed by atoms with van der Waals surface area (Å²) in [7, 11) is 1.66. The van der Waals surface area contributed by atoms with Gasteiger partial charge in [0.1, 0.15) is 5.75 Å². The molecule has 2 aromatic heterocycles. The van der Waals surface area contributed by atoms with Gasteiger partial charge in [0.2, 0.25) is 0 Å². The van der Waals surface area contributed by atoms with E-state index in [1.54, 1.807) is 7.11 Å². The van der Waals surface area contributed by atoms with Gasteiger partial charge in [-0.1, -0.05) is 18.2 Å². The SMILES string of the molecule is COc1ccc(Cn2cc(N)c(-c3nc4ccc(CN5CCOCC5)cc4[nH]3)n2)cc1. The van der Waals surface area contributed by atoms with E-state index in [1.165, 1.54) is 5.56 Å². The van der Waals surface area contributed by atoms with Crippen molar-refractivity contribution in [3.63, 3.8) is 0 Å². The molecule has 0 atom stereocenters. The van der Waals surface area contributed by atoms with Gasteiger partial charge in [0, 0.05) is 25.8 Å². The average Bonchev–Trinajstić information content (AvgIpc) is 3.37. The van der Waals surface area contributed by atoms with E-state index in [4.69, 9.17) is 20.2 Å². The van der Waals surface area contributed by atoms with E-state index < -0.39 is 0 Å². The molecule has 2 aromatic carbocycles. The van der Waals surface area contributed by atoms with Gasteiger partial charge in [-0.3, -0.25) is 9.58 Å². The number of nitrogen functional groups attached to an aromatic ring is 1. The topological polar surface area (TPSA) is 94.2 Å². The normalized spacial score (nSPS) is 14.9. The molecule has 8 nitrogen and oxygen atoms in total. The number of nitrogens with one attached hydrogen (secondary N) is 1. The van der Waals surface area contributed by atoms with Gasteiger partial charge in [0.25, 0.3) is 0 Å². The van der Waals surface area contributed by atoms with Crippen LogP contribution in [0.4, 0.5) is 5.69 Å². The Balaban J connectivity index is 1.36. The van der Waals surface area contributed by atoms with Crippen LogP contribution in [0.2, 0.25) is 0 Å². The highest BCUT2D eigenvalue weighted by molar-refractivity contribution is 5.81. The Bertz CT molecular complexity index is 1170. The van der Waals surface area contributed by atoms with Crippen molar-refractivity contribution in [1.82, 2.24) is 24.6 Å². The Morgan fingerprint density at radius 2 is 1.84 bits per heavy atom. The highest BCUT2D eigenvalue weighted by atomic mass is 16.5. The average molecular weight is 419 g/mol. The fourth-order valence-electron chi connectivity index (χ4n) is 3.90. The van der Waals surface area contributed by atoms with Crippen molar-refractivity contribution in [2.45, 2.75) is 13.1 Å². The molecule has 1 saturated heterocycles. The van der Waals surface area contributed by atoms with E-state index in [9.17, 15) is 0 Å². The number of nitrogens with zero attached hydrogens (tertiary/aromatic N) is 4. The number of hydrogen-bond donors (Lipinski definition) is 2. The first kappa shape index (κ1) is 19.6. The van der Waals surface area contributed by atoms with E-state index in [0.717, 1.165) is 55.2 Å². The van der Waals surface area contributed by atoms with E-state index in [2.05, 4.69) is 33.2 Å². The van der Waals surface area contributed by atoms with Crippen LogP contribution in [0.15, 0.2) is 48.7 Å². The van der Waals surface area contributed by atoms with Crippen LogP contribution in [-0.4, -0.2) is 58.1 Å². The first-order chi connectivity index (χ1) is 15.2. The minimum absolute atomic E-state index is 0.598. The standard InChI is InChI=1S/C23H26N6O2/c1-30-18-5-2-16(3-6-18)14-29-15-19(24)22(27-29)23-25-20-7-4-17(12-21(20)26-23)13-28-8-10-31-11-9-28/h2-7,12,15H,8-11,13-14,24H2,1H3,(H,25,26). The number of anilines is 1. The summed E-state index contributed by atoms with van der Waals surface area (Å²) in [6.07, 6.45) is 1.84. The monoisotopic (exact) mass is 418 g/mol. The zero-order valence-electron chi connectivity index (χ0n) is 17.5. The molecule has 0 radical (unpaired) electrons. The maximum atomic E-state index is 6.27. The summed E-state index contributed by atoms with van der Waals surface area (Å²) in [6.45, 7) is 5.07. The Labute approximate surface area is 180 Å². The molecule has 8 heteroatoms. The predicted molar refractivity (Wildman–Crippen MR) is 120 cm³/mol. The predicted octanol–water partition coefficient (Wildman–Crippen LogP) is 2.90. The number of hydrogen-bond acceptors (Lipinski definition) is 6. The van der Waals surface area contributed by atoms with Gasteiger partial charge < -0.3 is 20.2 Å². The number of benzene rings is 2. The van der Waals surface area contributed by atoms with Crippen LogP contribution in [-0.2, 0) is 17.8 Å². The number of rotatable bonds is 6. The minimum Gasteiger partial charge on any atom is -0.497 e. The van der Waals surface area contributed by atoms with Gasteiger partial charge in [0.15, 0.2) is 11.5 Å². The van der Waals surface area contributed by atoms with Crippen LogP contribution >= 0.6 is 0 Å². The molecule has 0 unspecified atom stereocenters. The summed E-state index contributed by atoms with van der Waals surface area (Å²) >= 11 is 0. The molecule has 1 aliphatic rings. The van der Waals surface area contributed by atoms with Crippen molar-refractivity contribution in [3.05, 3.63) is 59.8 Å². The molecule has 1 fully saturated rings. The molecule has 5 rings (SSSR count). The van der Waals surface area contributed by atoms with Crippen LogP contribution in [0.25, 0.3) is 22.6 Å². The number of aromatic amines is 1. The maximum Gasteiger partial charge on any atom is 0.161 e. The second-order valence-electron chi connectivity index (χ2n) is 7.80. The zero-order valence-corrected chi connectivity index (χ0v) is 17.5. The van der Waals surface area contributed by atoms with Gasteiger partial charge in [-0.2, -0.15) is 5.10 Å². The third-order valence-electron chi connectivity index (χ3n) is 5.57. The van der Waals surface area contributed by atoms with E-state index in [1.807, 2.05) is 35.1 Å². The molecule has 0 aliphatic carbocycles. The van der Waals surface area contributed by atoms with Crippen molar-refractivity contribution < 1.29 is 9.47 Å². The number of methoxy groups -OCH3 is 1. The molecule has 0 saturated carbocycles. The molecular weight excluding hydrogens is 392 g/mol. The summed E-state index contributed by atoms with van der Waals surface area (Å²) in [4.78, 5) is 10.5. The van der Waals surface area contributed by atoms with Crippen LogP contribution in [0, 0.1) is 0 Å². The summed E-state index contributed by atoms with van der Waals surface area (Å²) in [5, 5.41) is 4.67. The number of H-pyrrole nitrogens is 1. The summed E-state index contributed by atoms with van der Waals surface area (Å²) < 4.78 is 12.5. The summed E-state index contributed by atoms with van der Waals surface area (Å²) in [6, 6.07) is 14.3. The van der Waals surface area contributed by atoms with Gasteiger partial charge in [0.05, 0.1) is 43.6 Å². The highest BCUT2D eigenvalue weighted by Gasteiger charge is 2.15. The summed E-state index contributed by atoms with van der Waals surface area (Å²) in [5.74, 6) is 1.52. The molecule has 4 aromatic rings. The lowest BCUT2D eigenvalue weighted by molar-refractivity contribution is 0.0342. The molecule has 0 spiro atoms. The first-order valence-electron chi connectivity index (χ1n) is 10.4. The quantitative estimate of drug-likeness (QED) is 0.500. The molecule has 0 amide bonds. The molecule has 1 aliphatic heterocycles. The van der Waals surface area contributed by atoms with Crippen molar-refractivity contribution >= 4 is 16.7 Å². The zero-order chi connectivity index (χ0) is 21.2. The third-order valence-corrected chi connectivity index (χ3v) is 5.57. The highest BCUT2D eigenvalue weighted by Crippen LogP contribution is 2.25. The number of ether oxygens (including phenoxy) is 2. The van der Waals surface area contributed by atoms with Crippen LogP contribution in [0.1, 0.15) is 11.1 Å². The third kappa shape index (κ3) is 4.26. The fraction of sp³-hybridized carbons (Fsp3) is 0.304. The lowest BCUT2D eigenvalue weighted by Crippen LogP contribution is -2.35. The smallest absolute Gasteiger partial charge is 0.161 e. The first-order valence-corrected chi connectivity index (χ1v) is 10.4.